The van der Waals surface area contributed by atoms with Gasteiger partial charge in [0.1, 0.15) is 0 Å². The predicted octanol–water partition coefficient (Wildman–Crippen LogP) is 4.59. The molecule has 0 aliphatic carbocycles. The molecular weight excluding hydrogens is 300 g/mol. The highest BCUT2D eigenvalue weighted by atomic mass is 16.7. The summed E-state index contributed by atoms with van der Waals surface area (Å²) in [4.78, 5) is 12.9. The molecule has 2 aromatic carbocycles. The van der Waals surface area contributed by atoms with Gasteiger partial charge in [0.15, 0.2) is 12.1 Å². The van der Waals surface area contributed by atoms with Crippen molar-refractivity contribution in [1.29, 1.82) is 0 Å². The average Bonchev–Trinajstić information content (AvgIpc) is 2.67. The molecule has 1 aliphatic rings. The van der Waals surface area contributed by atoms with Gasteiger partial charge in [-0.25, -0.2) is 0 Å². The molecule has 0 amide bonds. The lowest BCUT2D eigenvalue weighted by Gasteiger charge is -2.24. The molecular formula is C21H24O3. The third-order valence-electron chi connectivity index (χ3n) is 4.42. The lowest BCUT2D eigenvalue weighted by molar-refractivity contribution is -0.162. The topological polar surface area (TPSA) is 35.5 Å². The fraction of sp³-hybridized carbons (Fsp3) is 0.381. The zero-order valence-electron chi connectivity index (χ0n) is 13.9. The van der Waals surface area contributed by atoms with Crippen LogP contribution in [0.15, 0.2) is 60.7 Å². The average molecular weight is 324 g/mol. The van der Waals surface area contributed by atoms with Crippen LogP contribution in [0, 0.1) is 0 Å². The van der Waals surface area contributed by atoms with Crippen molar-refractivity contribution in [2.45, 2.75) is 37.9 Å². The fourth-order valence-electron chi connectivity index (χ4n) is 3.10. The first-order valence-electron chi connectivity index (χ1n) is 8.72. The Kier molecular flexibility index (Phi) is 6.16. The molecule has 3 heteroatoms. The largest absolute Gasteiger partial charge is 0.353 e. The van der Waals surface area contributed by atoms with Crippen molar-refractivity contribution in [3.8, 4) is 0 Å². The normalized spacial score (nSPS) is 18.9. The van der Waals surface area contributed by atoms with Crippen LogP contribution < -0.4 is 0 Å². The Morgan fingerprint density at radius 3 is 2.42 bits per heavy atom. The molecule has 24 heavy (non-hydrogen) atoms. The maximum atomic E-state index is 12.9. The molecule has 0 bridgehead atoms. The highest BCUT2D eigenvalue weighted by molar-refractivity contribution is 6.00. The van der Waals surface area contributed by atoms with Crippen molar-refractivity contribution in [1.82, 2.24) is 0 Å². The molecule has 2 unspecified atom stereocenters. The van der Waals surface area contributed by atoms with Crippen molar-refractivity contribution in [2.24, 2.45) is 0 Å². The summed E-state index contributed by atoms with van der Waals surface area (Å²) in [5, 5.41) is 0. The maximum Gasteiger partial charge on any atom is 0.170 e. The Balaban J connectivity index is 1.67. The van der Waals surface area contributed by atoms with Crippen LogP contribution in [0.3, 0.4) is 0 Å². The number of rotatable bonds is 7. The van der Waals surface area contributed by atoms with Gasteiger partial charge in [-0.2, -0.15) is 0 Å². The van der Waals surface area contributed by atoms with E-state index in [4.69, 9.17) is 9.47 Å². The summed E-state index contributed by atoms with van der Waals surface area (Å²) in [5.74, 6) is -0.0350. The quantitative estimate of drug-likeness (QED) is 0.699. The molecule has 0 aromatic heterocycles. The first-order valence-corrected chi connectivity index (χ1v) is 8.72. The molecule has 1 aliphatic heterocycles. The van der Waals surface area contributed by atoms with Crippen LogP contribution in [0.2, 0.25) is 0 Å². The number of ether oxygens (including phenoxy) is 2. The third kappa shape index (κ3) is 4.53. The van der Waals surface area contributed by atoms with Gasteiger partial charge in [-0.15, -0.1) is 0 Å². The number of hydrogen-bond donors (Lipinski definition) is 0. The van der Waals surface area contributed by atoms with Gasteiger partial charge in [0.05, 0.1) is 6.61 Å². The van der Waals surface area contributed by atoms with E-state index in [0.717, 1.165) is 37.0 Å². The Bertz CT molecular complexity index is 618. The van der Waals surface area contributed by atoms with E-state index in [-0.39, 0.29) is 18.0 Å². The Labute approximate surface area is 143 Å². The molecule has 1 fully saturated rings. The first kappa shape index (κ1) is 16.9. The van der Waals surface area contributed by atoms with Gasteiger partial charge < -0.3 is 9.47 Å². The smallest absolute Gasteiger partial charge is 0.170 e. The number of ketones is 1. The van der Waals surface area contributed by atoms with E-state index in [1.54, 1.807) is 0 Å². The van der Waals surface area contributed by atoms with E-state index in [0.29, 0.717) is 13.0 Å². The van der Waals surface area contributed by atoms with Gasteiger partial charge in [0.25, 0.3) is 0 Å². The van der Waals surface area contributed by atoms with Crippen LogP contribution in [0.5, 0.6) is 0 Å². The van der Waals surface area contributed by atoms with Gasteiger partial charge in [-0.05, 0) is 31.2 Å². The zero-order valence-corrected chi connectivity index (χ0v) is 13.9. The summed E-state index contributed by atoms with van der Waals surface area (Å²) < 4.78 is 11.4. The van der Waals surface area contributed by atoms with E-state index in [1.807, 2.05) is 60.7 Å². The fourth-order valence-corrected chi connectivity index (χ4v) is 3.10. The molecule has 2 aromatic rings. The van der Waals surface area contributed by atoms with Crippen molar-refractivity contribution < 1.29 is 14.3 Å². The molecule has 1 heterocycles. The highest BCUT2D eigenvalue weighted by Gasteiger charge is 2.23. The lowest BCUT2D eigenvalue weighted by atomic mass is 9.88. The van der Waals surface area contributed by atoms with Crippen LogP contribution in [0.4, 0.5) is 0 Å². The molecule has 3 rings (SSSR count). The van der Waals surface area contributed by atoms with Crippen LogP contribution >= 0.6 is 0 Å². The van der Waals surface area contributed by atoms with Crippen molar-refractivity contribution >= 4 is 5.78 Å². The van der Waals surface area contributed by atoms with E-state index in [9.17, 15) is 4.79 Å². The van der Waals surface area contributed by atoms with E-state index >= 15 is 0 Å². The summed E-state index contributed by atoms with van der Waals surface area (Å²) in [5.41, 5.74) is 1.79. The van der Waals surface area contributed by atoms with Crippen molar-refractivity contribution in [2.75, 3.05) is 13.2 Å². The third-order valence-corrected chi connectivity index (χ3v) is 4.42. The van der Waals surface area contributed by atoms with Crippen molar-refractivity contribution in [3.63, 3.8) is 0 Å². The molecule has 0 spiro atoms. The van der Waals surface area contributed by atoms with Gasteiger partial charge in [-0.3, -0.25) is 4.79 Å². The molecule has 0 N–H and O–H groups in total. The second kappa shape index (κ2) is 8.76. The van der Waals surface area contributed by atoms with Crippen LogP contribution in [0.1, 0.15) is 47.5 Å². The van der Waals surface area contributed by atoms with Gasteiger partial charge >= 0.3 is 0 Å². The molecule has 126 valence electrons. The van der Waals surface area contributed by atoms with E-state index in [2.05, 4.69) is 0 Å². The highest BCUT2D eigenvalue weighted by Crippen LogP contribution is 2.25. The number of Topliss-reactive ketones (excluding diaryl/α,β-unsaturated/α-hetero) is 1. The summed E-state index contributed by atoms with van der Waals surface area (Å²) in [6.45, 7) is 1.30. The second-order valence-corrected chi connectivity index (χ2v) is 6.15. The summed E-state index contributed by atoms with van der Waals surface area (Å²) in [6, 6.07) is 19.5. The minimum absolute atomic E-state index is 0.109. The van der Waals surface area contributed by atoms with Gasteiger partial charge in [0.2, 0.25) is 0 Å². The minimum Gasteiger partial charge on any atom is -0.353 e. The Hall–Kier alpha value is -1.97. The van der Waals surface area contributed by atoms with Gasteiger partial charge in [0, 0.05) is 18.1 Å². The van der Waals surface area contributed by atoms with Crippen LogP contribution in [0.25, 0.3) is 0 Å². The monoisotopic (exact) mass is 324 g/mol. The zero-order chi connectivity index (χ0) is 16.6. The predicted molar refractivity (Wildman–Crippen MR) is 94.1 cm³/mol. The molecule has 0 saturated carbocycles. The van der Waals surface area contributed by atoms with E-state index < -0.39 is 0 Å². The van der Waals surface area contributed by atoms with Crippen LogP contribution in [-0.4, -0.2) is 25.3 Å². The summed E-state index contributed by atoms with van der Waals surface area (Å²) >= 11 is 0. The summed E-state index contributed by atoms with van der Waals surface area (Å²) in [7, 11) is 0. The standard InChI is InChI=1S/C21H24O3/c22-21(18-11-5-2-6-12-18)19(17-9-3-1-4-10-17)14-16-24-20-13-7-8-15-23-20/h1-6,9-12,19-20H,7-8,13-16H2. The number of carbonyl (C=O) groups is 1. The molecule has 3 nitrogen and oxygen atoms in total. The second-order valence-electron chi connectivity index (χ2n) is 6.15. The first-order chi connectivity index (χ1) is 11.8. The van der Waals surface area contributed by atoms with E-state index in [1.165, 1.54) is 0 Å². The Morgan fingerprint density at radius 1 is 1.04 bits per heavy atom. The van der Waals surface area contributed by atoms with Gasteiger partial charge in [-0.1, -0.05) is 60.7 Å². The molecule has 1 saturated heterocycles. The molecule has 0 radical (unpaired) electrons. The number of hydrogen-bond acceptors (Lipinski definition) is 3. The minimum atomic E-state index is -0.183. The summed E-state index contributed by atoms with van der Waals surface area (Å²) in [6.07, 6.45) is 3.76. The lowest BCUT2D eigenvalue weighted by Crippen LogP contribution is -2.24. The number of carbonyl (C=O) groups excluding carboxylic acids is 1. The maximum absolute atomic E-state index is 12.9. The number of benzene rings is 2. The SMILES string of the molecule is O=C(c1ccccc1)C(CCOC1CCCCO1)c1ccccc1. The van der Waals surface area contributed by atoms with Crippen LogP contribution in [-0.2, 0) is 9.47 Å². The Morgan fingerprint density at radius 2 is 1.75 bits per heavy atom. The van der Waals surface area contributed by atoms with Crippen molar-refractivity contribution in [3.05, 3.63) is 71.8 Å². The molecule has 2 atom stereocenters.